The lowest BCUT2D eigenvalue weighted by atomic mass is 10.1. The van der Waals surface area contributed by atoms with Crippen molar-refractivity contribution in [2.75, 3.05) is 10.7 Å². The third-order valence-electron chi connectivity index (χ3n) is 2.89. The van der Waals surface area contributed by atoms with E-state index >= 15 is 0 Å². The molecule has 4 N–H and O–H groups in total. The molecule has 0 aliphatic carbocycles. The fourth-order valence-electron chi connectivity index (χ4n) is 1.80. The molecule has 4 nitrogen and oxygen atoms in total. The molecule has 0 aromatic heterocycles. The molecule has 2 rings (SSSR count). The van der Waals surface area contributed by atoms with Gasteiger partial charge in [-0.3, -0.25) is 10.6 Å². The number of halogens is 3. The Morgan fingerprint density at radius 1 is 1.19 bits per heavy atom. The Bertz CT molecular complexity index is 684. The summed E-state index contributed by atoms with van der Waals surface area (Å²) in [5.41, 5.74) is 4.81. The molecule has 2 aromatic rings. The molecule has 0 heterocycles. The van der Waals surface area contributed by atoms with Crippen LogP contribution in [0.2, 0.25) is 10.0 Å². The SMILES string of the molecule is Cc1cc(C(=O)Nc2cc(Cl)c(F)c(Cl)c2)ccc1NN. The lowest BCUT2D eigenvalue weighted by Gasteiger charge is -2.10. The number of nitrogens with one attached hydrogen (secondary N) is 2. The standard InChI is InChI=1S/C14H12Cl2FN3O/c1-7-4-8(2-3-12(7)20-18)14(21)19-9-5-10(15)13(17)11(16)6-9/h2-6,20H,18H2,1H3,(H,19,21). The van der Waals surface area contributed by atoms with E-state index in [2.05, 4.69) is 10.7 Å². The van der Waals surface area contributed by atoms with Crippen LogP contribution in [0, 0.1) is 12.7 Å². The van der Waals surface area contributed by atoms with Gasteiger partial charge in [-0.05, 0) is 42.8 Å². The summed E-state index contributed by atoms with van der Waals surface area (Å²) in [6, 6.07) is 7.57. The molecular formula is C14H12Cl2FN3O. The fraction of sp³-hybridized carbons (Fsp3) is 0.0714. The molecule has 0 aliphatic heterocycles. The maximum absolute atomic E-state index is 13.3. The second-order valence-electron chi connectivity index (χ2n) is 4.38. The Morgan fingerprint density at radius 2 is 1.81 bits per heavy atom. The van der Waals surface area contributed by atoms with Crippen molar-refractivity contribution in [1.29, 1.82) is 0 Å². The summed E-state index contributed by atoms with van der Waals surface area (Å²) in [6.07, 6.45) is 0. The average molecular weight is 328 g/mol. The maximum atomic E-state index is 13.3. The third kappa shape index (κ3) is 3.44. The number of hydrogen-bond donors (Lipinski definition) is 3. The predicted octanol–water partition coefficient (Wildman–Crippen LogP) is 3.98. The van der Waals surface area contributed by atoms with Crippen molar-refractivity contribution >= 4 is 40.5 Å². The number of carbonyl (C=O) groups excluding carboxylic acids is 1. The molecule has 0 radical (unpaired) electrons. The van der Waals surface area contributed by atoms with Crippen LogP contribution in [0.3, 0.4) is 0 Å². The van der Waals surface area contributed by atoms with Gasteiger partial charge in [0.05, 0.1) is 15.7 Å². The Morgan fingerprint density at radius 3 is 2.33 bits per heavy atom. The number of aryl methyl sites for hydroxylation is 1. The molecule has 0 atom stereocenters. The van der Waals surface area contributed by atoms with Crippen LogP contribution in [0.1, 0.15) is 15.9 Å². The first-order valence-corrected chi connectivity index (χ1v) is 6.71. The Balaban J connectivity index is 2.24. The van der Waals surface area contributed by atoms with E-state index in [1.807, 2.05) is 6.92 Å². The fourth-order valence-corrected chi connectivity index (χ4v) is 2.28. The molecule has 0 unspecified atom stereocenters. The third-order valence-corrected chi connectivity index (χ3v) is 3.44. The molecule has 0 saturated carbocycles. The van der Waals surface area contributed by atoms with Gasteiger partial charge >= 0.3 is 0 Å². The first-order valence-electron chi connectivity index (χ1n) is 5.95. The van der Waals surface area contributed by atoms with Crippen molar-refractivity contribution in [1.82, 2.24) is 0 Å². The number of benzene rings is 2. The second-order valence-corrected chi connectivity index (χ2v) is 5.20. The van der Waals surface area contributed by atoms with Gasteiger partial charge in [0.1, 0.15) is 0 Å². The number of hydrogen-bond acceptors (Lipinski definition) is 3. The van der Waals surface area contributed by atoms with E-state index in [0.717, 1.165) is 11.3 Å². The van der Waals surface area contributed by atoms with E-state index in [-0.39, 0.29) is 16.0 Å². The first kappa shape index (κ1) is 15.6. The molecule has 0 bridgehead atoms. The highest BCUT2D eigenvalue weighted by Crippen LogP contribution is 2.27. The smallest absolute Gasteiger partial charge is 0.255 e. The molecule has 21 heavy (non-hydrogen) atoms. The second kappa shape index (κ2) is 6.30. The molecule has 0 fully saturated rings. The van der Waals surface area contributed by atoms with Crippen LogP contribution < -0.4 is 16.6 Å². The Labute approximate surface area is 131 Å². The number of amides is 1. The van der Waals surface area contributed by atoms with E-state index < -0.39 is 5.82 Å². The summed E-state index contributed by atoms with van der Waals surface area (Å²) in [5.74, 6) is 4.25. The number of nitrogen functional groups attached to an aromatic ring is 1. The Kier molecular flexibility index (Phi) is 4.67. The summed E-state index contributed by atoms with van der Waals surface area (Å²) in [7, 11) is 0. The zero-order chi connectivity index (χ0) is 15.6. The van der Waals surface area contributed by atoms with Gasteiger partial charge in [-0.15, -0.1) is 0 Å². The van der Waals surface area contributed by atoms with Gasteiger partial charge in [-0.25, -0.2) is 4.39 Å². The molecule has 2 aromatic carbocycles. The minimum Gasteiger partial charge on any atom is -0.324 e. The molecule has 110 valence electrons. The molecule has 0 spiro atoms. The molecule has 0 saturated heterocycles. The van der Waals surface area contributed by atoms with Crippen molar-refractivity contribution in [2.45, 2.75) is 6.92 Å². The molecule has 1 amide bonds. The minimum atomic E-state index is -0.717. The van der Waals surface area contributed by atoms with Crippen molar-refractivity contribution in [3.05, 3.63) is 57.3 Å². The van der Waals surface area contributed by atoms with Gasteiger partial charge in [-0.1, -0.05) is 23.2 Å². The Hall–Kier alpha value is -1.82. The van der Waals surface area contributed by atoms with Gasteiger partial charge in [-0.2, -0.15) is 0 Å². The lowest BCUT2D eigenvalue weighted by Crippen LogP contribution is -2.13. The van der Waals surface area contributed by atoms with E-state index in [4.69, 9.17) is 29.0 Å². The molecular weight excluding hydrogens is 316 g/mol. The molecule has 0 aliphatic rings. The molecule has 7 heteroatoms. The first-order chi connectivity index (χ1) is 9.92. The quantitative estimate of drug-likeness (QED) is 0.454. The van der Waals surface area contributed by atoms with Gasteiger partial charge < -0.3 is 10.7 Å². The monoisotopic (exact) mass is 327 g/mol. The number of hydrazine groups is 1. The van der Waals surface area contributed by atoms with Crippen LogP contribution in [0.15, 0.2) is 30.3 Å². The van der Waals surface area contributed by atoms with Crippen molar-refractivity contribution in [3.8, 4) is 0 Å². The lowest BCUT2D eigenvalue weighted by molar-refractivity contribution is 0.102. The van der Waals surface area contributed by atoms with Crippen LogP contribution in [0.5, 0.6) is 0 Å². The summed E-state index contributed by atoms with van der Waals surface area (Å²) < 4.78 is 13.3. The van der Waals surface area contributed by atoms with Crippen LogP contribution in [0.4, 0.5) is 15.8 Å². The van der Waals surface area contributed by atoms with E-state index in [0.29, 0.717) is 11.3 Å². The number of nitrogens with two attached hydrogens (primary N) is 1. The van der Waals surface area contributed by atoms with Gasteiger partial charge in [0.2, 0.25) is 0 Å². The van der Waals surface area contributed by atoms with Crippen molar-refractivity contribution in [3.63, 3.8) is 0 Å². The van der Waals surface area contributed by atoms with Gasteiger partial charge in [0.25, 0.3) is 5.91 Å². The number of rotatable bonds is 3. The van der Waals surface area contributed by atoms with Gasteiger partial charge in [0.15, 0.2) is 5.82 Å². The topological polar surface area (TPSA) is 67.2 Å². The van der Waals surface area contributed by atoms with E-state index in [9.17, 15) is 9.18 Å². The normalized spacial score (nSPS) is 10.3. The van der Waals surface area contributed by atoms with Crippen LogP contribution in [0.25, 0.3) is 0 Å². The largest absolute Gasteiger partial charge is 0.324 e. The summed E-state index contributed by atoms with van der Waals surface area (Å²) in [6.45, 7) is 1.82. The maximum Gasteiger partial charge on any atom is 0.255 e. The van der Waals surface area contributed by atoms with Gasteiger partial charge in [0, 0.05) is 11.3 Å². The van der Waals surface area contributed by atoms with Crippen molar-refractivity contribution < 1.29 is 9.18 Å². The predicted molar refractivity (Wildman–Crippen MR) is 83.4 cm³/mol. The highest BCUT2D eigenvalue weighted by molar-refractivity contribution is 6.35. The zero-order valence-electron chi connectivity index (χ0n) is 11.0. The number of anilines is 2. The van der Waals surface area contributed by atoms with Crippen molar-refractivity contribution in [2.24, 2.45) is 5.84 Å². The summed E-state index contributed by atoms with van der Waals surface area (Å²) in [5, 5.41) is 2.29. The van der Waals surface area contributed by atoms with Crippen LogP contribution in [-0.2, 0) is 0 Å². The summed E-state index contributed by atoms with van der Waals surface area (Å²) >= 11 is 11.4. The summed E-state index contributed by atoms with van der Waals surface area (Å²) in [4.78, 5) is 12.1. The van der Waals surface area contributed by atoms with Crippen LogP contribution >= 0.6 is 23.2 Å². The average Bonchev–Trinajstić information content (AvgIpc) is 2.44. The highest BCUT2D eigenvalue weighted by atomic mass is 35.5. The zero-order valence-corrected chi connectivity index (χ0v) is 12.5. The highest BCUT2D eigenvalue weighted by Gasteiger charge is 2.12. The van der Waals surface area contributed by atoms with E-state index in [1.54, 1.807) is 18.2 Å². The number of carbonyl (C=O) groups is 1. The minimum absolute atomic E-state index is 0.156. The van der Waals surface area contributed by atoms with E-state index in [1.165, 1.54) is 12.1 Å². The van der Waals surface area contributed by atoms with Crippen LogP contribution in [-0.4, -0.2) is 5.91 Å².